The zero-order valence-corrected chi connectivity index (χ0v) is 21.6. The molecule has 1 N–H and O–H groups in total. The van der Waals surface area contributed by atoms with E-state index in [1.165, 1.54) is 12.8 Å². The van der Waals surface area contributed by atoms with Gasteiger partial charge < -0.3 is 24.3 Å². The lowest BCUT2D eigenvalue weighted by molar-refractivity contribution is 0.210. The summed E-state index contributed by atoms with van der Waals surface area (Å²) in [6, 6.07) is 26.4. The Hall–Kier alpha value is -3.84. The molecule has 188 valence electrons. The first-order valence-corrected chi connectivity index (χ1v) is 13.2. The van der Waals surface area contributed by atoms with Crippen LogP contribution in [-0.2, 0) is 0 Å². The van der Waals surface area contributed by atoms with Crippen molar-refractivity contribution in [1.82, 2.24) is 14.9 Å². The van der Waals surface area contributed by atoms with Crippen molar-refractivity contribution in [3.8, 4) is 17.2 Å². The van der Waals surface area contributed by atoms with Gasteiger partial charge in [0.15, 0.2) is 5.11 Å². The normalized spacial score (nSPS) is 19.7. The molecule has 2 aromatic carbocycles. The van der Waals surface area contributed by atoms with Gasteiger partial charge in [0.05, 0.1) is 24.9 Å². The second kappa shape index (κ2) is 10.3. The topological polar surface area (TPSA) is 51.5 Å². The zero-order chi connectivity index (χ0) is 25.2. The van der Waals surface area contributed by atoms with Gasteiger partial charge in [0, 0.05) is 29.5 Å². The van der Waals surface area contributed by atoms with Crippen LogP contribution >= 0.6 is 12.2 Å². The largest absolute Gasteiger partial charge is 0.497 e. The van der Waals surface area contributed by atoms with Crippen LogP contribution in [0.25, 0.3) is 5.69 Å². The van der Waals surface area contributed by atoms with Gasteiger partial charge in [-0.3, -0.25) is 4.98 Å². The Morgan fingerprint density at radius 2 is 1.59 bits per heavy atom. The molecule has 6 nitrogen and oxygen atoms in total. The maximum atomic E-state index is 6.21. The van der Waals surface area contributed by atoms with Gasteiger partial charge in [0.25, 0.3) is 0 Å². The molecule has 1 saturated heterocycles. The minimum absolute atomic E-state index is 0.110. The second-order valence-electron chi connectivity index (χ2n) is 9.52. The van der Waals surface area contributed by atoms with E-state index >= 15 is 0 Å². The molecule has 0 unspecified atom stereocenters. The number of hydrogen-bond donors (Lipinski definition) is 1. The number of anilines is 1. The Kier molecular flexibility index (Phi) is 6.53. The number of aromatic nitrogens is 2. The molecule has 0 spiro atoms. The Balaban J connectivity index is 1.38. The fourth-order valence-corrected chi connectivity index (χ4v) is 5.78. The van der Waals surface area contributed by atoms with Crippen LogP contribution in [0.1, 0.15) is 49.2 Å². The number of nitrogens with zero attached hydrogens (tertiary/aromatic N) is 3. The molecule has 2 aliphatic rings. The highest BCUT2D eigenvalue weighted by Gasteiger charge is 2.42. The third-order valence-electron chi connectivity index (χ3n) is 7.25. The SMILES string of the molecule is COc1ccc(-n2cccc2[C@H]2[C@H](c3ccccn3)NC(=S)N2c2ccc(OC3CCCC3)cc2)cc1. The number of pyridine rings is 1. The van der Waals surface area contributed by atoms with Crippen molar-refractivity contribution in [2.24, 2.45) is 0 Å². The first-order valence-electron chi connectivity index (χ1n) is 12.8. The Bertz CT molecular complexity index is 1350. The first-order chi connectivity index (χ1) is 18.2. The zero-order valence-electron chi connectivity index (χ0n) is 20.8. The summed E-state index contributed by atoms with van der Waals surface area (Å²) < 4.78 is 13.8. The number of thiocarbonyl (C=S) groups is 1. The van der Waals surface area contributed by atoms with Gasteiger partial charge in [-0.1, -0.05) is 6.07 Å². The van der Waals surface area contributed by atoms with Crippen molar-refractivity contribution < 1.29 is 9.47 Å². The minimum Gasteiger partial charge on any atom is -0.497 e. The Labute approximate surface area is 222 Å². The van der Waals surface area contributed by atoms with E-state index in [-0.39, 0.29) is 12.1 Å². The molecule has 0 radical (unpaired) electrons. The molecule has 3 heterocycles. The Morgan fingerprint density at radius 1 is 0.865 bits per heavy atom. The highest BCUT2D eigenvalue weighted by Crippen LogP contribution is 2.42. The fourth-order valence-electron chi connectivity index (χ4n) is 5.43. The molecule has 7 heteroatoms. The molecule has 1 aliphatic carbocycles. The van der Waals surface area contributed by atoms with Crippen LogP contribution in [-0.4, -0.2) is 27.9 Å². The van der Waals surface area contributed by atoms with Crippen molar-refractivity contribution in [2.75, 3.05) is 12.0 Å². The molecule has 1 saturated carbocycles. The van der Waals surface area contributed by atoms with Crippen LogP contribution in [0.5, 0.6) is 11.5 Å². The van der Waals surface area contributed by atoms with Gasteiger partial charge in [-0.2, -0.15) is 0 Å². The minimum atomic E-state index is -0.116. The summed E-state index contributed by atoms with van der Waals surface area (Å²) in [4.78, 5) is 6.88. The van der Waals surface area contributed by atoms with Crippen LogP contribution in [0, 0.1) is 0 Å². The molecule has 2 aromatic heterocycles. The number of ether oxygens (including phenoxy) is 2. The summed E-state index contributed by atoms with van der Waals surface area (Å²) in [6.07, 6.45) is 9.02. The third-order valence-corrected chi connectivity index (χ3v) is 7.57. The van der Waals surface area contributed by atoms with Crippen molar-refractivity contribution >= 4 is 23.0 Å². The maximum absolute atomic E-state index is 6.21. The third kappa shape index (κ3) is 4.67. The summed E-state index contributed by atoms with van der Waals surface area (Å²) >= 11 is 5.92. The molecular weight excluding hydrogens is 480 g/mol. The molecule has 0 amide bonds. The molecule has 2 fully saturated rings. The van der Waals surface area contributed by atoms with E-state index in [1.54, 1.807) is 7.11 Å². The lowest BCUT2D eigenvalue weighted by Gasteiger charge is -2.29. The number of methoxy groups -OCH3 is 1. The molecule has 2 atom stereocenters. The van der Waals surface area contributed by atoms with Gasteiger partial charge in [-0.25, -0.2) is 0 Å². The lowest BCUT2D eigenvalue weighted by atomic mass is 10.0. The summed E-state index contributed by atoms with van der Waals surface area (Å²) in [5.41, 5.74) is 4.13. The van der Waals surface area contributed by atoms with Crippen LogP contribution in [0.15, 0.2) is 91.3 Å². The van der Waals surface area contributed by atoms with E-state index in [4.69, 9.17) is 21.7 Å². The molecule has 37 heavy (non-hydrogen) atoms. The molecule has 0 bridgehead atoms. The number of rotatable bonds is 7. The van der Waals surface area contributed by atoms with Gasteiger partial charge in [0.2, 0.25) is 0 Å². The fraction of sp³-hybridized carbons (Fsp3) is 0.267. The second-order valence-corrected chi connectivity index (χ2v) is 9.90. The number of hydrogen-bond acceptors (Lipinski definition) is 4. The van der Waals surface area contributed by atoms with E-state index < -0.39 is 0 Å². The van der Waals surface area contributed by atoms with Crippen LogP contribution in [0.3, 0.4) is 0 Å². The highest BCUT2D eigenvalue weighted by atomic mass is 32.1. The van der Waals surface area contributed by atoms with Crippen LogP contribution < -0.4 is 19.7 Å². The van der Waals surface area contributed by atoms with Crippen molar-refractivity contribution in [3.05, 3.63) is 103 Å². The average molecular weight is 511 g/mol. The van der Waals surface area contributed by atoms with E-state index in [1.807, 2.05) is 30.5 Å². The van der Waals surface area contributed by atoms with E-state index in [0.29, 0.717) is 11.2 Å². The first kappa shape index (κ1) is 23.6. The molecule has 4 aromatic rings. The summed E-state index contributed by atoms with van der Waals surface area (Å²) in [7, 11) is 1.68. The van der Waals surface area contributed by atoms with Gasteiger partial charge in [0.1, 0.15) is 17.5 Å². The van der Waals surface area contributed by atoms with Gasteiger partial charge in [-0.15, -0.1) is 0 Å². The van der Waals surface area contributed by atoms with Crippen LogP contribution in [0.2, 0.25) is 0 Å². The van der Waals surface area contributed by atoms with Crippen LogP contribution in [0.4, 0.5) is 5.69 Å². The lowest BCUT2D eigenvalue weighted by Crippen LogP contribution is -2.30. The maximum Gasteiger partial charge on any atom is 0.174 e. The molecule has 6 rings (SSSR count). The summed E-state index contributed by atoms with van der Waals surface area (Å²) in [6.45, 7) is 0. The predicted molar refractivity (Wildman–Crippen MR) is 150 cm³/mol. The van der Waals surface area contributed by atoms with E-state index in [9.17, 15) is 0 Å². The van der Waals surface area contributed by atoms with E-state index in [2.05, 4.69) is 80.6 Å². The van der Waals surface area contributed by atoms with Crippen molar-refractivity contribution in [1.29, 1.82) is 0 Å². The van der Waals surface area contributed by atoms with Crippen molar-refractivity contribution in [3.63, 3.8) is 0 Å². The standard InChI is InChI=1S/C30H30N4O2S/c1-35-23-15-11-21(12-16-23)33-20-6-10-27(33)29-28(26-9-4-5-19-31-26)32-30(37)34(29)22-13-17-25(18-14-22)36-24-7-2-3-8-24/h4-6,9-20,24,28-29H,2-3,7-8H2,1H3,(H,32,37)/t28-,29-/m0/s1. The summed E-state index contributed by atoms with van der Waals surface area (Å²) in [5.74, 6) is 1.74. The number of nitrogens with one attached hydrogen (secondary N) is 1. The quantitative estimate of drug-likeness (QED) is 0.291. The smallest absolute Gasteiger partial charge is 0.174 e. The average Bonchev–Trinajstić information content (AvgIpc) is 3.70. The molecular formula is C30H30N4O2S. The van der Waals surface area contributed by atoms with Crippen molar-refractivity contribution in [2.45, 2.75) is 43.9 Å². The number of benzene rings is 2. The highest BCUT2D eigenvalue weighted by molar-refractivity contribution is 7.80. The summed E-state index contributed by atoms with van der Waals surface area (Å²) in [5, 5.41) is 4.23. The van der Waals surface area contributed by atoms with Gasteiger partial charge in [-0.05, 0) is 111 Å². The molecule has 1 aliphatic heterocycles. The monoisotopic (exact) mass is 510 g/mol. The van der Waals surface area contributed by atoms with E-state index in [0.717, 1.165) is 47.1 Å². The van der Waals surface area contributed by atoms with Gasteiger partial charge >= 0.3 is 0 Å². The Morgan fingerprint density at radius 3 is 2.30 bits per heavy atom. The predicted octanol–water partition coefficient (Wildman–Crippen LogP) is 6.38.